The Balaban J connectivity index is 2.09. The molecule has 20 heavy (non-hydrogen) atoms. The van der Waals surface area contributed by atoms with Gasteiger partial charge in [0.1, 0.15) is 0 Å². The van der Waals surface area contributed by atoms with Gasteiger partial charge in [0.15, 0.2) is 0 Å². The minimum atomic E-state index is -0.359. The molecule has 1 heterocycles. The molecule has 1 aromatic carbocycles. The van der Waals surface area contributed by atoms with Gasteiger partial charge in [-0.15, -0.1) is 11.3 Å². The zero-order chi connectivity index (χ0) is 14.7. The molecule has 2 atom stereocenters. The second-order valence-corrected chi connectivity index (χ2v) is 6.23. The van der Waals surface area contributed by atoms with Gasteiger partial charge in [0.2, 0.25) is 0 Å². The van der Waals surface area contributed by atoms with Crippen LogP contribution in [-0.4, -0.2) is 4.92 Å². The Kier molecular flexibility index (Phi) is 4.52. The number of thiophene rings is 1. The predicted octanol–water partition coefficient (Wildman–Crippen LogP) is 4.38. The number of nitrogens with zero attached hydrogens (tertiary/aromatic N) is 1. The number of nitro benzene ring substituents is 1. The van der Waals surface area contributed by atoms with Gasteiger partial charge in [0, 0.05) is 34.0 Å². The Bertz CT molecular complexity index is 609. The molecule has 2 unspecified atom stereocenters. The minimum Gasteiger partial charge on any atom is -0.303 e. The average molecular weight is 290 g/mol. The summed E-state index contributed by atoms with van der Waals surface area (Å²) in [6.45, 7) is 6.22. The molecule has 4 nitrogen and oxygen atoms in total. The van der Waals surface area contributed by atoms with Crippen LogP contribution in [0.25, 0.3) is 0 Å². The summed E-state index contributed by atoms with van der Waals surface area (Å²) in [5.74, 6) is 0. The Morgan fingerprint density at radius 2 is 1.95 bits per heavy atom. The molecular formula is C15H18N2O2S. The van der Waals surface area contributed by atoms with Crippen molar-refractivity contribution in [3.05, 3.63) is 61.8 Å². The van der Waals surface area contributed by atoms with E-state index >= 15 is 0 Å². The highest BCUT2D eigenvalue weighted by atomic mass is 32.1. The molecule has 1 N–H and O–H groups in total. The summed E-state index contributed by atoms with van der Waals surface area (Å²) in [4.78, 5) is 13.0. The minimum absolute atomic E-state index is 0.0623. The van der Waals surface area contributed by atoms with E-state index in [-0.39, 0.29) is 22.7 Å². The molecule has 0 radical (unpaired) electrons. The van der Waals surface area contributed by atoms with Crippen LogP contribution in [0, 0.1) is 17.0 Å². The number of rotatable bonds is 5. The average Bonchev–Trinajstić information content (AvgIpc) is 2.85. The first-order valence-corrected chi connectivity index (χ1v) is 7.35. The van der Waals surface area contributed by atoms with E-state index in [2.05, 4.69) is 31.3 Å². The normalized spacial score (nSPS) is 13.9. The first kappa shape index (κ1) is 14.7. The maximum Gasteiger partial charge on any atom is 0.269 e. The second kappa shape index (κ2) is 6.15. The molecule has 0 aliphatic carbocycles. The van der Waals surface area contributed by atoms with E-state index < -0.39 is 0 Å². The molecule has 0 saturated heterocycles. The Hall–Kier alpha value is -1.72. The van der Waals surface area contributed by atoms with E-state index in [9.17, 15) is 10.1 Å². The van der Waals surface area contributed by atoms with Crippen LogP contribution in [0.15, 0.2) is 36.4 Å². The van der Waals surface area contributed by atoms with Crippen molar-refractivity contribution in [2.45, 2.75) is 32.9 Å². The highest BCUT2D eigenvalue weighted by Gasteiger charge is 2.14. The Morgan fingerprint density at radius 1 is 1.20 bits per heavy atom. The monoisotopic (exact) mass is 290 g/mol. The lowest BCUT2D eigenvalue weighted by molar-refractivity contribution is -0.384. The fraction of sp³-hybridized carbons (Fsp3) is 0.333. The van der Waals surface area contributed by atoms with Gasteiger partial charge < -0.3 is 5.32 Å². The molecule has 0 amide bonds. The van der Waals surface area contributed by atoms with Crippen LogP contribution < -0.4 is 5.32 Å². The Labute approximate surface area is 122 Å². The summed E-state index contributed by atoms with van der Waals surface area (Å²) >= 11 is 1.77. The van der Waals surface area contributed by atoms with Crippen LogP contribution in [0.4, 0.5) is 5.69 Å². The van der Waals surface area contributed by atoms with Crippen molar-refractivity contribution in [1.82, 2.24) is 5.32 Å². The van der Waals surface area contributed by atoms with Crippen molar-refractivity contribution in [1.29, 1.82) is 0 Å². The quantitative estimate of drug-likeness (QED) is 0.657. The van der Waals surface area contributed by atoms with Crippen molar-refractivity contribution >= 4 is 17.0 Å². The van der Waals surface area contributed by atoms with Crippen LogP contribution in [-0.2, 0) is 0 Å². The molecule has 0 spiro atoms. The van der Waals surface area contributed by atoms with Crippen LogP contribution in [0.2, 0.25) is 0 Å². The lowest BCUT2D eigenvalue weighted by Gasteiger charge is -2.19. The van der Waals surface area contributed by atoms with Crippen molar-refractivity contribution in [3.8, 4) is 0 Å². The van der Waals surface area contributed by atoms with E-state index in [1.807, 2.05) is 13.0 Å². The SMILES string of the molecule is Cc1ccc(C(C)NC(C)c2cccc([N+](=O)[O-])c2)s1. The molecule has 1 aromatic heterocycles. The molecular weight excluding hydrogens is 272 g/mol. The standard InChI is InChI=1S/C15H18N2O2S/c1-10-7-8-15(20-10)12(3)16-11(2)13-5-4-6-14(9-13)17(18)19/h4-9,11-12,16H,1-3H3. The number of non-ortho nitro benzene ring substituents is 1. The van der Waals surface area contributed by atoms with Gasteiger partial charge in [0.25, 0.3) is 5.69 Å². The highest BCUT2D eigenvalue weighted by Crippen LogP contribution is 2.26. The van der Waals surface area contributed by atoms with E-state index in [0.29, 0.717) is 0 Å². The predicted molar refractivity (Wildman–Crippen MR) is 82.1 cm³/mol. The third-order valence-electron chi connectivity index (χ3n) is 3.27. The third kappa shape index (κ3) is 3.43. The smallest absolute Gasteiger partial charge is 0.269 e. The van der Waals surface area contributed by atoms with Crippen LogP contribution in [0.5, 0.6) is 0 Å². The van der Waals surface area contributed by atoms with E-state index in [1.165, 1.54) is 15.8 Å². The molecule has 2 aromatic rings. The zero-order valence-electron chi connectivity index (χ0n) is 11.8. The summed E-state index contributed by atoms with van der Waals surface area (Å²) in [5, 5.41) is 14.3. The number of aryl methyl sites for hydroxylation is 1. The summed E-state index contributed by atoms with van der Waals surface area (Å²) in [7, 11) is 0. The highest BCUT2D eigenvalue weighted by molar-refractivity contribution is 7.12. The van der Waals surface area contributed by atoms with Crippen molar-refractivity contribution in [3.63, 3.8) is 0 Å². The van der Waals surface area contributed by atoms with Gasteiger partial charge >= 0.3 is 0 Å². The molecule has 5 heteroatoms. The summed E-state index contributed by atoms with van der Waals surface area (Å²) in [6, 6.07) is 11.3. The van der Waals surface area contributed by atoms with E-state index in [1.54, 1.807) is 23.5 Å². The summed E-state index contributed by atoms with van der Waals surface area (Å²) < 4.78 is 0. The number of nitrogens with one attached hydrogen (secondary N) is 1. The molecule has 0 bridgehead atoms. The molecule has 2 rings (SSSR count). The van der Waals surface area contributed by atoms with Gasteiger partial charge in [-0.05, 0) is 38.5 Å². The molecule has 0 aliphatic rings. The fourth-order valence-corrected chi connectivity index (χ4v) is 3.04. The van der Waals surface area contributed by atoms with Gasteiger partial charge in [0.05, 0.1) is 4.92 Å². The van der Waals surface area contributed by atoms with Crippen molar-refractivity contribution < 1.29 is 4.92 Å². The summed E-state index contributed by atoms with van der Waals surface area (Å²) in [6.07, 6.45) is 0. The van der Waals surface area contributed by atoms with E-state index in [4.69, 9.17) is 0 Å². The third-order valence-corrected chi connectivity index (χ3v) is 4.45. The Morgan fingerprint density at radius 3 is 2.55 bits per heavy atom. The van der Waals surface area contributed by atoms with Crippen LogP contribution in [0.3, 0.4) is 0 Å². The van der Waals surface area contributed by atoms with Gasteiger partial charge in [-0.2, -0.15) is 0 Å². The maximum atomic E-state index is 10.8. The topological polar surface area (TPSA) is 55.2 Å². The van der Waals surface area contributed by atoms with Gasteiger partial charge in [-0.1, -0.05) is 12.1 Å². The fourth-order valence-electron chi connectivity index (χ4n) is 2.15. The maximum absolute atomic E-state index is 10.8. The number of nitro groups is 1. The van der Waals surface area contributed by atoms with Gasteiger partial charge in [-0.25, -0.2) is 0 Å². The molecule has 106 valence electrons. The van der Waals surface area contributed by atoms with E-state index in [0.717, 1.165) is 5.56 Å². The number of hydrogen-bond donors (Lipinski definition) is 1. The van der Waals surface area contributed by atoms with Gasteiger partial charge in [-0.3, -0.25) is 10.1 Å². The first-order chi connectivity index (χ1) is 9.47. The number of hydrogen-bond acceptors (Lipinski definition) is 4. The first-order valence-electron chi connectivity index (χ1n) is 6.54. The largest absolute Gasteiger partial charge is 0.303 e. The molecule has 0 fully saturated rings. The summed E-state index contributed by atoms with van der Waals surface area (Å²) in [5.41, 5.74) is 1.06. The van der Waals surface area contributed by atoms with Crippen LogP contribution in [0.1, 0.15) is 41.2 Å². The van der Waals surface area contributed by atoms with Crippen LogP contribution >= 0.6 is 11.3 Å². The molecule has 0 aliphatic heterocycles. The second-order valence-electron chi connectivity index (χ2n) is 4.91. The molecule has 0 saturated carbocycles. The van der Waals surface area contributed by atoms with Crippen molar-refractivity contribution in [2.24, 2.45) is 0 Å². The lowest BCUT2D eigenvalue weighted by atomic mass is 10.1. The lowest BCUT2D eigenvalue weighted by Crippen LogP contribution is -2.21. The number of benzene rings is 1. The zero-order valence-corrected chi connectivity index (χ0v) is 12.6. The van der Waals surface area contributed by atoms with Crippen molar-refractivity contribution in [2.75, 3.05) is 0 Å².